The Morgan fingerprint density at radius 3 is 2.89 bits per heavy atom. The molecule has 5 heteroatoms. The fraction of sp³-hybridized carbons (Fsp3) is 0.231. The number of aromatic amines is 1. The quantitative estimate of drug-likeness (QED) is 0.722. The maximum absolute atomic E-state index is 5.48. The number of nitrogens with one attached hydrogen (secondary N) is 1. The predicted octanol–water partition coefficient (Wildman–Crippen LogP) is 2.29. The van der Waals surface area contributed by atoms with Crippen molar-refractivity contribution in [3.63, 3.8) is 0 Å². The molecule has 0 radical (unpaired) electrons. The fourth-order valence-electron chi connectivity index (χ4n) is 2.12. The largest absolute Gasteiger partial charge is 0.358 e. The van der Waals surface area contributed by atoms with Gasteiger partial charge >= 0.3 is 0 Å². The van der Waals surface area contributed by atoms with E-state index in [1.165, 1.54) is 10.9 Å². The number of para-hydroxylation sites is 1. The number of nitrogens with two attached hydrogens (primary N) is 1. The normalized spacial score (nSPS) is 11.3. The van der Waals surface area contributed by atoms with Crippen LogP contribution in [0, 0.1) is 13.8 Å². The van der Waals surface area contributed by atoms with Gasteiger partial charge in [0.2, 0.25) is 11.7 Å². The Morgan fingerprint density at radius 2 is 2.17 bits per heavy atom. The summed E-state index contributed by atoms with van der Waals surface area (Å²) in [6.07, 6.45) is 0. The molecule has 5 nitrogen and oxygen atoms in total. The summed E-state index contributed by atoms with van der Waals surface area (Å²) in [6, 6.07) is 6.06. The summed E-state index contributed by atoms with van der Waals surface area (Å²) in [6.45, 7) is 4.41. The van der Waals surface area contributed by atoms with Gasteiger partial charge in [0.1, 0.15) is 0 Å². The van der Waals surface area contributed by atoms with Gasteiger partial charge in [-0.15, -0.1) is 0 Å². The van der Waals surface area contributed by atoms with E-state index < -0.39 is 0 Å². The zero-order valence-electron chi connectivity index (χ0n) is 10.3. The minimum atomic E-state index is 0.256. The maximum Gasteiger partial charge on any atom is 0.240 e. The van der Waals surface area contributed by atoms with Gasteiger partial charge in [0.15, 0.2) is 0 Å². The van der Waals surface area contributed by atoms with Crippen LogP contribution in [0.1, 0.15) is 17.1 Å². The summed E-state index contributed by atoms with van der Waals surface area (Å²) in [5, 5.41) is 5.14. The number of nitrogens with zero attached hydrogens (tertiary/aromatic N) is 2. The van der Waals surface area contributed by atoms with Gasteiger partial charge in [-0.1, -0.05) is 17.3 Å². The molecule has 3 aromatic rings. The molecule has 0 saturated heterocycles. The van der Waals surface area contributed by atoms with Crippen molar-refractivity contribution >= 4 is 10.9 Å². The molecular formula is C13H14N4O. The molecule has 2 aromatic heterocycles. The predicted molar refractivity (Wildman–Crippen MR) is 69.0 cm³/mol. The Kier molecular flexibility index (Phi) is 2.41. The van der Waals surface area contributed by atoms with Gasteiger partial charge in [0.25, 0.3) is 0 Å². The molecule has 0 atom stereocenters. The van der Waals surface area contributed by atoms with E-state index >= 15 is 0 Å². The third-order valence-electron chi connectivity index (χ3n) is 3.23. The van der Waals surface area contributed by atoms with E-state index in [4.69, 9.17) is 10.3 Å². The van der Waals surface area contributed by atoms with Gasteiger partial charge < -0.3 is 15.2 Å². The van der Waals surface area contributed by atoms with Crippen LogP contribution in [-0.4, -0.2) is 15.1 Å². The Balaban J connectivity index is 2.25. The summed E-state index contributed by atoms with van der Waals surface area (Å²) in [7, 11) is 0. The van der Waals surface area contributed by atoms with Crippen molar-refractivity contribution in [2.75, 3.05) is 0 Å². The minimum Gasteiger partial charge on any atom is -0.358 e. The first kappa shape index (κ1) is 11.0. The first-order valence-corrected chi connectivity index (χ1v) is 5.81. The van der Waals surface area contributed by atoms with Crippen molar-refractivity contribution in [2.24, 2.45) is 5.73 Å². The Morgan fingerprint density at radius 1 is 1.33 bits per heavy atom. The van der Waals surface area contributed by atoms with Crippen molar-refractivity contribution in [3.8, 4) is 11.4 Å². The lowest BCUT2D eigenvalue weighted by Crippen LogP contribution is -1.95. The summed E-state index contributed by atoms with van der Waals surface area (Å²) in [5.41, 5.74) is 9.85. The van der Waals surface area contributed by atoms with Gasteiger partial charge in [-0.3, -0.25) is 0 Å². The maximum atomic E-state index is 5.48. The third kappa shape index (κ3) is 1.52. The van der Waals surface area contributed by atoms with Crippen LogP contribution in [0.4, 0.5) is 0 Å². The van der Waals surface area contributed by atoms with Crippen LogP contribution < -0.4 is 5.73 Å². The molecule has 0 aliphatic carbocycles. The molecule has 3 rings (SSSR count). The zero-order chi connectivity index (χ0) is 12.7. The van der Waals surface area contributed by atoms with E-state index in [9.17, 15) is 0 Å². The first-order valence-electron chi connectivity index (χ1n) is 5.81. The van der Waals surface area contributed by atoms with Gasteiger partial charge in [0, 0.05) is 16.6 Å². The molecule has 0 saturated carbocycles. The van der Waals surface area contributed by atoms with Crippen LogP contribution >= 0.6 is 0 Å². The number of aromatic nitrogens is 3. The summed E-state index contributed by atoms with van der Waals surface area (Å²) in [4.78, 5) is 7.63. The smallest absolute Gasteiger partial charge is 0.240 e. The summed E-state index contributed by atoms with van der Waals surface area (Å²) in [5.74, 6) is 1.02. The molecule has 3 N–H and O–H groups in total. The number of benzene rings is 1. The van der Waals surface area contributed by atoms with E-state index in [-0.39, 0.29) is 6.54 Å². The molecule has 0 spiro atoms. The molecule has 92 valence electrons. The number of aryl methyl sites for hydroxylation is 2. The topological polar surface area (TPSA) is 80.7 Å². The molecule has 2 heterocycles. The summed E-state index contributed by atoms with van der Waals surface area (Å²) < 4.78 is 5.05. The zero-order valence-corrected chi connectivity index (χ0v) is 10.3. The molecule has 0 aliphatic rings. The van der Waals surface area contributed by atoms with E-state index in [0.29, 0.717) is 11.7 Å². The molecule has 0 bridgehead atoms. The molecule has 18 heavy (non-hydrogen) atoms. The highest BCUT2D eigenvalue weighted by Gasteiger charge is 2.13. The molecule has 0 fully saturated rings. The number of fused-ring (bicyclic) bond motifs is 1. The van der Waals surface area contributed by atoms with Crippen LogP contribution in [0.3, 0.4) is 0 Å². The molecule has 1 aromatic carbocycles. The number of H-pyrrole nitrogens is 1. The van der Waals surface area contributed by atoms with Crippen molar-refractivity contribution in [2.45, 2.75) is 20.4 Å². The number of rotatable bonds is 2. The van der Waals surface area contributed by atoms with Gasteiger partial charge in [-0.05, 0) is 25.5 Å². The molecule has 0 amide bonds. The highest BCUT2D eigenvalue weighted by molar-refractivity contribution is 5.95. The molecular weight excluding hydrogens is 228 g/mol. The standard InChI is InChI=1S/C13H14N4O/c1-7-8(2)15-12-9(7)4-3-5-10(12)13-16-11(6-14)18-17-13/h3-5,15H,6,14H2,1-2H3. The van der Waals surface area contributed by atoms with E-state index in [2.05, 4.69) is 35.0 Å². The van der Waals surface area contributed by atoms with E-state index in [1.54, 1.807) is 0 Å². The molecule has 0 aliphatic heterocycles. The van der Waals surface area contributed by atoms with Crippen molar-refractivity contribution in [1.82, 2.24) is 15.1 Å². The van der Waals surface area contributed by atoms with Gasteiger partial charge in [0.05, 0.1) is 12.1 Å². The van der Waals surface area contributed by atoms with Crippen LogP contribution in [0.15, 0.2) is 22.7 Å². The summed E-state index contributed by atoms with van der Waals surface area (Å²) >= 11 is 0. The average Bonchev–Trinajstić information content (AvgIpc) is 2.96. The van der Waals surface area contributed by atoms with Crippen LogP contribution in [-0.2, 0) is 6.54 Å². The second-order valence-electron chi connectivity index (χ2n) is 4.32. The Bertz CT molecular complexity index is 711. The van der Waals surface area contributed by atoms with Crippen molar-refractivity contribution in [3.05, 3.63) is 35.3 Å². The Hall–Kier alpha value is -2.14. The van der Waals surface area contributed by atoms with Crippen LogP contribution in [0.5, 0.6) is 0 Å². The van der Waals surface area contributed by atoms with E-state index in [0.717, 1.165) is 16.8 Å². The average molecular weight is 242 g/mol. The lowest BCUT2D eigenvalue weighted by atomic mass is 10.1. The fourth-order valence-corrected chi connectivity index (χ4v) is 2.12. The minimum absolute atomic E-state index is 0.256. The van der Waals surface area contributed by atoms with Crippen LogP contribution in [0.25, 0.3) is 22.3 Å². The van der Waals surface area contributed by atoms with Gasteiger partial charge in [-0.2, -0.15) is 4.98 Å². The second-order valence-corrected chi connectivity index (χ2v) is 4.32. The molecule has 0 unspecified atom stereocenters. The van der Waals surface area contributed by atoms with Crippen molar-refractivity contribution < 1.29 is 4.52 Å². The SMILES string of the molecule is Cc1[nH]c2c(-c3noc(CN)n3)cccc2c1C. The first-order chi connectivity index (χ1) is 8.70. The lowest BCUT2D eigenvalue weighted by Gasteiger charge is -1.97. The van der Waals surface area contributed by atoms with Gasteiger partial charge in [-0.25, -0.2) is 0 Å². The number of hydrogen-bond donors (Lipinski definition) is 2. The Labute approximate surface area is 104 Å². The second kappa shape index (κ2) is 3.96. The third-order valence-corrected chi connectivity index (χ3v) is 3.23. The van der Waals surface area contributed by atoms with Crippen LogP contribution in [0.2, 0.25) is 0 Å². The lowest BCUT2D eigenvalue weighted by molar-refractivity contribution is 0.380. The highest BCUT2D eigenvalue weighted by Crippen LogP contribution is 2.29. The van der Waals surface area contributed by atoms with Crippen molar-refractivity contribution in [1.29, 1.82) is 0 Å². The van der Waals surface area contributed by atoms with E-state index in [1.807, 2.05) is 12.1 Å². The monoisotopic (exact) mass is 242 g/mol. The number of hydrogen-bond acceptors (Lipinski definition) is 4. The highest BCUT2D eigenvalue weighted by atomic mass is 16.5.